The van der Waals surface area contributed by atoms with Crippen LogP contribution in [0, 0.1) is 6.92 Å². The van der Waals surface area contributed by atoms with E-state index in [0.717, 1.165) is 36.1 Å². The lowest BCUT2D eigenvalue weighted by molar-refractivity contribution is 0.738. The Morgan fingerprint density at radius 3 is 2.59 bits per heavy atom. The maximum atomic E-state index is 4.25. The highest BCUT2D eigenvalue weighted by atomic mass is 15.4. The first kappa shape index (κ1) is 11.6. The van der Waals surface area contributed by atoms with E-state index in [0.29, 0.717) is 0 Å². The third-order valence-corrected chi connectivity index (χ3v) is 2.88. The Kier molecular flexibility index (Phi) is 3.12. The summed E-state index contributed by atoms with van der Waals surface area (Å²) < 4.78 is 3.91. The second-order valence-electron chi connectivity index (χ2n) is 3.89. The Bertz CT molecular complexity index is 510. The van der Waals surface area contributed by atoms with E-state index in [1.807, 2.05) is 31.8 Å². The highest BCUT2D eigenvalue weighted by Gasteiger charge is 2.15. The van der Waals surface area contributed by atoms with Crippen LogP contribution in [0.2, 0.25) is 0 Å². The lowest BCUT2D eigenvalue weighted by Crippen LogP contribution is -2.07. The number of nitrogens with one attached hydrogen (secondary N) is 1. The molecule has 17 heavy (non-hydrogen) atoms. The van der Waals surface area contributed by atoms with Crippen molar-refractivity contribution in [2.24, 2.45) is 7.05 Å². The van der Waals surface area contributed by atoms with Gasteiger partial charge in [-0.2, -0.15) is 5.10 Å². The summed E-state index contributed by atoms with van der Waals surface area (Å²) in [6.07, 6.45) is 1.83. The van der Waals surface area contributed by atoms with Crippen molar-refractivity contribution in [3.8, 4) is 11.4 Å². The van der Waals surface area contributed by atoms with Gasteiger partial charge in [0, 0.05) is 25.8 Å². The van der Waals surface area contributed by atoms with Crippen LogP contribution >= 0.6 is 0 Å². The number of aromatic nitrogens is 5. The van der Waals surface area contributed by atoms with E-state index in [-0.39, 0.29) is 0 Å². The maximum absolute atomic E-state index is 4.25. The van der Waals surface area contributed by atoms with E-state index in [9.17, 15) is 0 Å². The van der Waals surface area contributed by atoms with Gasteiger partial charge in [0.15, 0.2) is 5.82 Å². The van der Waals surface area contributed by atoms with Gasteiger partial charge in [-0.15, -0.1) is 10.2 Å². The van der Waals surface area contributed by atoms with E-state index >= 15 is 0 Å². The lowest BCUT2D eigenvalue weighted by atomic mass is 10.2. The van der Waals surface area contributed by atoms with Crippen LogP contribution in [0.5, 0.6) is 0 Å². The van der Waals surface area contributed by atoms with Crippen molar-refractivity contribution in [3.05, 3.63) is 11.9 Å². The zero-order valence-electron chi connectivity index (χ0n) is 10.7. The summed E-state index contributed by atoms with van der Waals surface area (Å²) >= 11 is 0. The molecule has 2 aromatic rings. The molecule has 6 nitrogen and oxygen atoms in total. The van der Waals surface area contributed by atoms with E-state index in [1.165, 1.54) is 0 Å². The molecule has 0 aliphatic rings. The van der Waals surface area contributed by atoms with Crippen LogP contribution in [0.3, 0.4) is 0 Å². The van der Waals surface area contributed by atoms with Gasteiger partial charge in [-0.1, -0.05) is 0 Å². The molecular formula is C11H18N6. The largest absolute Gasteiger partial charge is 0.355 e. The molecule has 0 aliphatic heterocycles. The average molecular weight is 234 g/mol. The Morgan fingerprint density at radius 1 is 1.29 bits per heavy atom. The first-order valence-electron chi connectivity index (χ1n) is 5.85. The first-order valence-corrected chi connectivity index (χ1v) is 5.85. The number of anilines is 1. The van der Waals surface area contributed by atoms with Crippen LogP contribution in [0.4, 0.5) is 5.95 Å². The molecule has 0 fully saturated rings. The van der Waals surface area contributed by atoms with Crippen LogP contribution in [0.1, 0.15) is 19.5 Å². The van der Waals surface area contributed by atoms with Gasteiger partial charge in [-0.3, -0.25) is 9.25 Å². The zero-order chi connectivity index (χ0) is 12.4. The normalized spacial score (nSPS) is 10.8. The quantitative estimate of drug-likeness (QED) is 0.869. The molecule has 92 valence electrons. The van der Waals surface area contributed by atoms with E-state index < -0.39 is 0 Å². The van der Waals surface area contributed by atoms with E-state index in [4.69, 9.17) is 0 Å². The molecular weight excluding hydrogens is 216 g/mol. The van der Waals surface area contributed by atoms with Gasteiger partial charge in [0.05, 0.1) is 11.8 Å². The number of aryl methyl sites for hydroxylation is 1. The minimum absolute atomic E-state index is 0.813. The minimum atomic E-state index is 0.813. The topological polar surface area (TPSA) is 60.6 Å². The molecule has 0 amide bonds. The Hall–Kier alpha value is -1.85. The fourth-order valence-corrected chi connectivity index (χ4v) is 1.81. The summed E-state index contributed by atoms with van der Waals surface area (Å²) in [5.74, 6) is 1.68. The zero-order valence-corrected chi connectivity index (χ0v) is 10.7. The van der Waals surface area contributed by atoms with Gasteiger partial charge in [-0.05, 0) is 20.8 Å². The van der Waals surface area contributed by atoms with Crippen LogP contribution in [0.15, 0.2) is 6.20 Å². The van der Waals surface area contributed by atoms with Gasteiger partial charge in [0.2, 0.25) is 5.95 Å². The predicted octanol–water partition coefficient (Wildman–Crippen LogP) is 1.44. The first-order chi connectivity index (χ1) is 8.19. The van der Waals surface area contributed by atoms with Crippen molar-refractivity contribution in [1.82, 2.24) is 24.5 Å². The monoisotopic (exact) mass is 234 g/mol. The molecule has 0 bridgehead atoms. The van der Waals surface area contributed by atoms with Crippen molar-refractivity contribution in [3.63, 3.8) is 0 Å². The molecule has 0 unspecified atom stereocenters. The van der Waals surface area contributed by atoms with Gasteiger partial charge in [0.25, 0.3) is 0 Å². The van der Waals surface area contributed by atoms with Crippen LogP contribution in [-0.4, -0.2) is 31.1 Å². The number of nitrogens with zero attached hydrogens (tertiary/aromatic N) is 5. The Balaban J connectivity index is 2.48. The summed E-state index contributed by atoms with van der Waals surface area (Å²) in [6, 6.07) is 0. The summed E-state index contributed by atoms with van der Waals surface area (Å²) in [5.41, 5.74) is 2.13. The molecule has 6 heteroatoms. The highest BCUT2D eigenvalue weighted by Crippen LogP contribution is 2.23. The number of rotatable bonds is 4. The molecule has 0 aromatic carbocycles. The predicted molar refractivity (Wildman–Crippen MR) is 66.8 cm³/mol. The Morgan fingerprint density at radius 2 is 2.06 bits per heavy atom. The summed E-state index contributed by atoms with van der Waals surface area (Å²) in [4.78, 5) is 0. The molecule has 0 spiro atoms. The SMILES string of the molecule is CCNc1nnc(-c2cnn(C)c2C)n1CC. The fourth-order valence-electron chi connectivity index (χ4n) is 1.81. The van der Waals surface area contributed by atoms with Gasteiger partial charge < -0.3 is 5.32 Å². The number of hydrogen-bond donors (Lipinski definition) is 1. The molecule has 2 aromatic heterocycles. The molecule has 0 aliphatic carbocycles. The van der Waals surface area contributed by atoms with Gasteiger partial charge in [0.1, 0.15) is 0 Å². The minimum Gasteiger partial charge on any atom is -0.355 e. The van der Waals surface area contributed by atoms with E-state index in [2.05, 4.69) is 32.1 Å². The maximum Gasteiger partial charge on any atom is 0.224 e. The molecule has 2 heterocycles. The smallest absolute Gasteiger partial charge is 0.224 e. The molecule has 0 atom stereocenters. The molecule has 0 saturated heterocycles. The van der Waals surface area contributed by atoms with Crippen LogP contribution in [0.25, 0.3) is 11.4 Å². The van der Waals surface area contributed by atoms with Crippen molar-refractivity contribution >= 4 is 5.95 Å². The van der Waals surface area contributed by atoms with Gasteiger partial charge >= 0.3 is 0 Å². The van der Waals surface area contributed by atoms with Crippen LogP contribution in [-0.2, 0) is 13.6 Å². The summed E-state index contributed by atoms with van der Waals surface area (Å²) in [7, 11) is 1.93. The standard InChI is InChI=1S/C11H18N6/c1-5-12-11-15-14-10(17(11)6-2)9-7-13-16(4)8(9)3/h7H,5-6H2,1-4H3,(H,12,15). The van der Waals surface area contributed by atoms with E-state index in [1.54, 1.807) is 0 Å². The van der Waals surface area contributed by atoms with Crippen molar-refractivity contribution in [1.29, 1.82) is 0 Å². The fraction of sp³-hybridized carbons (Fsp3) is 0.545. The highest BCUT2D eigenvalue weighted by molar-refractivity contribution is 5.59. The summed E-state index contributed by atoms with van der Waals surface area (Å²) in [5, 5.41) is 15.9. The Labute approximate surface area is 101 Å². The lowest BCUT2D eigenvalue weighted by Gasteiger charge is -2.07. The third kappa shape index (κ3) is 1.90. The molecule has 1 N–H and O–H groups in total. The third-order valence-electron chi connectivity index (χ3n) is 2.88. The number of hydrogen-bond acceptors (Lipinski definition) is 4. The second-order valence-corrected chi connectivity index (χ2v) is 3.89. The van der Waals surface area contributed by atoms with Crippen molar-refractivity contribution in [2.45, 2.75) is 27.3 Å². The van der Waals surface area contributed by atoms with Crippen molar-refractivity contribution < 1.29 is 0 Å². The average Bonchev–Trinajstić information content (AvgIpc) is 2.85. The molecule has 0 radical (unpaired) electrons. The molecule has 0 saturated carbocycles. The van der Waals surface area contributed by atoms with Crippen molar-refractivity contribution in [2.75, 3.05) is 11.9 Å². The summed E-state index contributed by atoms with van der Waals surface area (Å²) in [6.45, 7) is 7.83. The van der Waals surface area contributed by atoms with Crippen LogP contribution < -0.4 is 5.32 Å². The second kappa shape index (κ2) is 4.57. The van der Waals surface area contributed by atoms with Gasteiger partial charge in [-0.25, -0.2) is 0 Å². The molecule has 2 rings (SSSR count).